The first-order valence-corrected chi connectivity index (χ1v) is 6.69. The van der Waals surface area contributed by atoms with Gasteiger partial charge in [0.15, 0.2) is 0 Å². The third-order valence-corrected chi connectivity index (χ3v) is 3.32. The Morgan fingerprint density at radius 3 is 2.83 bits per heavy atom. The second kappa shape index (κ2) is 7.05. The molecule has 0 aliphatic carbocycles. The summed E-state index contributed by atoms with van der Waals surface area (Å²) >= 11 is 1.50. The molecule has 1 aromatic rings. The number of hydrogen-bond donors (Lipinski definition) is 2. The van der Waals surface area contributed by atoms with Gasteiger partial charge in [-0.05, 0) is 17.7 Å². The van der Waals surface area contributed by atoms with Crippen LogP contribution in [0.4, 0.5) is 0 Å². The van der Waals surface area contributed by atoms with Gasteiger partial charge in [-0.1, -0.05) is 0 Å². The molecule has 1 rings (SSSR count). The molecule has 0 radical (unpaired) electrons. The number of aryl methyl sites for hydroxylation is 2. The fraction of sp³-hybridized carbons (Fsp3) is 0.545. The van der Waals surface area contributed by atoms with E-state index in [-0.39, 0.29) is 5.91 Å². The highest BCUT2D eigenvalue weighted by molar-refractivity contribution is 7.99. The molecule has 0 bridgehead atoms. The average molecular weight is 271 g/mol. The zero-order valence-electron chi connectivity index (χ0n) is 10.4. The first-order valence-electron chi connectivity index (χ1n) is 5.54. The molecule has 0 saturated heterocycles. The molecule has 0 saturated carbocycles. The summed E-state index contributed by atoms with van der Waals surface area (Å²) in [7, 11) is 1.86. The van der Waals surface area contributed by atoms with Gasteiger partial charge in [-0.25, -0.2) is 4.79 Å². The van der Waals surface area contributed by atoms with E-state index in [0.29, 0.717) is 5.75 Å². The average Bonchev–Trinajstić information content (AvgIpc) is 2.68. The maximum atomic E-state index is 10.9. The number of carboxylic acids is 1. The van der Waals surface area contributed by atoms with Crippen molar-refractivity contribution in [2.75, 3.05) is 11.5 Å². The van der Waals surface area contributed by atoms with Crippen LogP contribution < -0.4 is 5.32 Å². The highest BCUT2D eigenvalue weighted by Gasteiger charge is 2.17. The highest BCUT2D eigenvalue weighted by atomic mass is 32.2. The van der Waals surface area contributed by atoms with Crippen LogP contribution in [0.2, 0.25) is 0 Å². The summed E-state index contributed by atoms with van der Waals surface area (Å²) in [6, 6.07) is -0.818. The lowest BCUT2D eigenvalue weighted by atomic mass is 10.3. The lowest BCUT2D eigenvalue weighted by Gasteiger charge is -2.12. The Hall–Kier alpha value is -1.50. The number of amides is 1. The maximum Gasteiger partial charge on any atom is 0.327 e. The van der Waals surface area contributed by atoms with Gasteiger partial charge < -0.3 is 10.4 Å². The fourth-order valence-corrected chi connectivity index (χ4v) is 2.42. The number of carboxylic acid groups (broad SMARTS) is 1. The van der Waals surface area contributed by atoms with Crippen LogP contribution in [0.5, 0.6) is 0 Å². The number of hydrogen-bond acceptors (Lipinski definition) is 4. The molecule has 1 amide bonds. The van der Waals surface area contributed by atoms with E-state index in [1.165, 1.54) is 18.7 Å². The summed E-state index contributed by atoms with van der Waals surface area (Å²) in [5.41, 5.74) is 1.12. The molecular weight excluding hydrogens is 254 g/mol. The minimum Gasteiger partial charge on any atom is -0.480 e. The van der Waals surface area contributed by atoms with Gasteiger partial charge in [0.25, 0.3) is 0 Å². The van der Waals surface area contributed by atoms with Crippen molar-refractivity contribution in [3.63, 3.8) is 0 Å². The van der Waals surface area contributed by atoms with E-state index >= 15 is 0 Å². The Labute approximate surface area is 110 Å². The van der Waals surface area contributed by atoms with Crippen LogP contribution in [-0.2, 0) is 23.1 Å². The largest absolute Gasteiger partial charge is 0.480 e. The number of nitrogens with one attached hydrogen (secondary N) is 1. The first kappa shape index (κ1) is 14.6. The lowest BCUT2D eigenvalue weighted by Crippen LogP contribution is -2.41. The number of aromatic nitrogens is 2. The normalized spacial score (nSPS) is 12.1. The van der Waals surface area contributed by atoms with Crippen LogP contribution in [0, 0.1) is 0 Å². The molecular formula is C11H17N3O3S. The first-order chi connectivity index (χ1) is 8.49. The van der Waals surface area contributed by atoms with Crippen molar-refractivity contribution in [2.24, 2.45) is 7.05 Å². The SMILES string of the molecule is CC(=O)N[C@@H](CSCCc1cnn(C)c1)C(=O)O. The van der Waals surface area contributed by atoms with Crippen molar-refractivity contribution in [2.45, 2.75) is 19.4 Å². The number of carbonyl (C=O) groups is 2. The summed E-state index contributed by atoms with van der Waals surface area (Å²) in [6.45, 7) is 1.32. The fourth-order valence-electron chi connectivity index (χ4n) is 1.41. The van der Waals surface area contributed by atoms with E-state index in [0.717, 1.165) is 17.7 Å². The van der Waals surface area contributed by atoms with Gasteiger partial charge in [0.2, 0.25) is 5.91 Å². The molecule has 0 spiro atoms. The third-order valence-electron chi connectivity index (χ3n) is 2.25. The lowest BCUT2D eigenvalue weighted by molar-refractivity contribution is -0.140. The van der Waals surface area contributed by atoms with Crippen molar-refractivity contribution in [3.8, 4) is 0 Å². The van der Waals surface area contributed by atoms with Crippen molar-refractivity contribution in [1.82, 2.24) is 15.1 Å². The molecule has 7 heteroatoms. The van der Waals surface area contributed by atoms with Crippen molar-refractivity contribution in [3.05, 3.63) is 18.0 Å². The molecule has 2 N–H and O–H groups in total. The summed E-state index contributed by atoms with van der Waals surface area (Å²) in [5.74, 6) is -0.154. The standard InChI is InChI=1S/C11H17N3O3S/c1-8(15)13-10(11(16)17)7-18-4-3-9-5-12-14(2)6-9/h5-6,10H,3-4,7H2,1-2H3,(H,13,15)(H,16,17)/t10-/m0/s1. The maximum absolute atomic E-state index is 10.9. The van der Waals surface area contributed by atoms with Gasteiger partial charge in [0, 0.05) is 25.9 Å². The number of aliphatic carboxylic acids is 1. The van der Waals surface area contributed by atoms with E-state index in [1.807, 2.05) is 13.2 Å². The molecule has 0 fully saturated rings. The second-order valence-corrected chi connectivity index (χ2v) is 5.09. The van der Waals surface area contributed by atoms with Gasteiger partial charge in [0.05, 0.1) is 6.20 Å². The van der Waals surface area contributed by atoms with Gasteiger partial charge in [-0.2, -0.15) is 16.9 Å². The summed E-state index contributed by atoms with van der Waals surface area (Å²) in [4.78, 5) is 21.7. The Morgan fingerprint density at radius 1 is 1.61 bits per heavy atom. The van der Waals surface area contributed by atoms with Gasteiger partial charge >= 0.3 is 5.97 Å². The van der Waals surface area contributed by atoms with Crippen LogP contribution >= 0.6 is 11.8 Å². The zero-order chi connectivity index (χ0) is 13.5. The monoisotopic (exact) mass is 271 g/mol. The zero-order valence-corrected chi connectivity index (χ0v) is 11.2. The molecule has 0 aliphatic rings. The predicted octanol–water partition coefficient (Wildman–Crippen LogP) is 0.285. The third kappa shape index (κ3) is 5.22. The summed E-state index contributed by atoms with van der Waals surface area (Å²) in [6.07, 6.45) is 4.57. The molecule has 100 valence electrons. The molecule has 0 aliphatic heterocycles. The highest BCUT2D eigenvalue weighted by Crippen LogP contribution is 2.08. The van der Waals surface area contributed by atoms with E-state index in [2.05, 4.69) is 10.4 Å². The summed E-state index contributed by atoms with van der Waals surface area (Å²) < 4.78 is 1.73. The predicted molar refractivity (Wildman–Crippen MR) is 69.5 cm³/mol. The molecule has 1 heterocycles. The minimum atomic E-state index is -1.00. The van der Waals surface area contributed by atoms with Crippen LogP contribution in [0.15, 0.2) is 12.4 Å². The molecule has 6 nitrogen and oxygen atoms in total. The molecule has 1 atom stereocenters. The van der Waals surface area contributed by atoms with Gasteiger partial charge in [0.1, 0.15) is 6.04 Å². The van der Waals surface area contributed by atoms with Crippen LogP contribution in [0.3, 0.4) is 0 Å². The smallest absolute Gasteiger partial charge is 0.327 e. The number of thioether (sulfide) groups is 1. The van der Waals surface area contributed by atoms with Crippen molar-refractivity contribution in [1.29, 1.82) is 0 Å². The van der Waals surface area contributed by atoms with E-state index in [1.54, 1.807) is 10.9 Å². The van der Waals surface area contributed by atoms with Crippen LogP contribution in [0.1, 0.15) is 12.5 Å². The topological polar surface area (TPSA) is 84.2 Å². The summed E-state index contributed by atoms with van der Waals surface area (Å²) in [5, 5.41) is 15.4. The van der Waals surface area contributed by atoms with Gasteiger partial charge in [-0.15, -0.1) is 0 Å². The Morgan fingerprint density at radius 2 is 2.33 bits per heavy atom. The van der Waals surface area contributed by atoms with Crippen molar-refractivity contribution >= 4 is 23.6 Å². The Bertz CT molecular complexity index is 419. The van der Waals surface area contributed by atoms with E-state index in [4.69, 9.17) is 5.11 Å². The minimum absolute atomic E-state index is 0.324. The van der Waals surface area contributed by atoms with Gasteiger partial charge in [-0.3, -0.25) is 9.48 Å². The quantitative estimate of drug-likeness (QED) is 0.696. The van der Waals surface area contributed by atoms with Crippen molar-refractivity contribution < 1.29 is 14.7 Å². The second-order valence-electron chi connectivity index (χ2n) is 3.94. The molecule has 1 aromatic heterocycles. The number of carbonyl (C=O) groups excluding carboxylic acids is 1. The molecule has 18 heavy (non-hydrogen) atoms. The Balaban J connectivity index is 2.26. The molecule has 0 aromatic carbocycles. The van der Waals surface area contributed by atoms with E-state index in [9.17, 15) is 9.59 Å². The van der Waals surface area contributed by atoms with Crippen LogP contribution in [0.25, 0.3) is 0 Å². The molecule has 0 unspecified atom stereocenters. The van der Waals surface area contributed by atoms with Crippen LogP contribution in [-0.4, -0.2) is 44.3 Å². The van der Waals surface area contributed by atoms with E-state index < -0.39 is 12.0 Å². The number of rotatable bonds is 7. The number of nitrogens with zero attached hydrogens (tertiary/aromatic N) is 2. The Kier molecular flexibility index (Phi) is 5.70.